The second-order valence-corrected chi connectivity index (χ2v) is 5.88. The third-order valence-electron chi connectivity index (χ3n) is 4.24. The molecule has 0 spiro atoms. The van der Waals surface area contributed by atoms with Crippen LogP contribution in [0.4, 0.5) is 0 Å². The molecule has 2 aromatic rings. The first-order valence-electron chi connectivity index (χ1n) is 8.14. The Bertz CT molecular complexity index is 700. The van der Waals surface area contributed by atoms with Gasteiger partial charge in [-0.3, -0.25) is 9.59 Å². The van der Waals surface area contributed by atoms with E-state index in [1.54, 1.807) is 24.5 Å². The minimum atomic E-state index is -0.188. The van der Waals surface area contributed by atoms with Crippen molar-refractivity contribution in [1.82, 2.24) is 15.1 Å². The van der Waals surface area contributed by atoms with Crippen molar-refractivity contribution >= 4 is 5.91 Å². The van der Waals surface area contributed by atoms with E-state index in [0.717, 1.165) is 25.7 Å². The van der Waals surface area contributed by atoms with E-state index >= 15 is 0 Å². The number of furan rings is 1. The summed E-state index contributed by atoms with van der Waals surface area (Å²) in [5.74, 6) is 0.841. The maximum Gasteiger partial charge on any atom is 0.266 e. The third-order valence-corrected chi connectivity index (χ3v) is 4.24. The molecule has 1 aliphatic carbocycles. The molecule has 122 valence electrons. The van der Waals surface area contributed by atoms with Crippen molar-refractivity contribution in [1.29, 1.82) is 0 Å². The largest absolute Gasteiger partial charge is 0.463 e. The molecule has 0 atom stereocenters. The van der Waals surface area contributed by atoms with Crippen molar-refractivity contribution in [3.63, 3.8) is 0 Å². The second kappa shape index (κ2) is 7.26. The van der Waals surface area contributed by atoms with E-state index in [2.05, 4.69) is 10.4 Å². The molecule has 0 radical (unpaired) electrons. The minimum absolute atomic E-state index is 0.0972. The number of rotatable bonds is 5. The molecule has 0 unspecified atom stereocenters. The fraction of sp³-hybridized carbons (Fsp3) is 0.471. The van der Waals surface area contributed by atoms with E-state index < -0.39 is 0 Å². The summed E-state index contributed by atoms with van der Waals surface area (Å²) in [4.78, 5) is 24.0. The van der Waals surface area contributed by atoms with Crippen LogP contribution in [0.1, 0.15) is 32.1 Å². The van der Waals surface area contributed by atoms with Crippen molar-refractivity contribution in [2.45, 2.75) is 38.6 Å². The van der Waals surface area contributed by atoms with E-state index in [9.17, 15) is 9.59 Å². The van der Waals surface area contributed by atoms with Crippen LogP contribution < -0.4 is 10.9 Å². The molecule has 0 bridgehead atoms. The Morgan fingerprint density at radius 3 is 2.83 bits per heavy atom. The highest BCUT2D eigenvalue weighted by Gasteiger charge is 2.20. The number of aromatic nitrogens is 2. The zero-order valence-corrected chi connectivity index (χ0v) is 13.0. The number of nitrogens with one attached hydrogen (secondary N) is 1. The summed E-state index contributed by atoms with van der Waals surface area (Å²) in [7, 11) is 0. The van der Waals surface area contributed by atoms with E-state index in [4.69, 9.17) is 4.42 Å². The number of carbonyl (C=O) groups excluding carboxylic acids is 1. The number of hydrogen-bond donors (Lipinski definition) is 1. The number of carbonyl (C=O) groups is 1. The number of hydrogen-bond acceptors (Lipinski definition) is 4. The van der Waals surface area contributed by atoms with Gasteiger partial charge >= 0.3 is 0 Å². The average Bonchev–Trinajstić information content (AvgIpc) is 3.12. The summed E-state index contributed by atoms with van der Waals surface area (Å²) in [6, 6.07) is 6.67. The van der Waals surface area contributed by atoms with Crippen molar-refractivity contribution in [3.8, 4) is 11.5 Å². The lowest BCUT2D eigenvalue weighted by Crippen LogP contribution is -2.36. The van der Waals surface area contributed by atoms with Crippen LogP contribution in [-0.4, -0.2) is 22.2 Å². The lowest BCUT2D eigenvalue weighted by molar-refractivity contribution is -0.125. The van der Waals surface area contributed by atoms with Crippen molar-refractivity contribution in [3.05, 3.63) is 40.9 Å². The molecule has 2 aromatic heterocycles. The molecule has 1 amide bonds. The Labute approximate surface area is 134 Å². The standard InChI is InChI=1S/C17H21N3O3/c21-16-9-8-14(15-7-4-12-23-15)19-20(16)11-10-18-17(22)13-5-2-1-3-6-13/h4,7-9,12-13H,1-3,5-6,10-11H2,(H,18,22). The van der Waals surface area contributed by atoms with Crippen molar-refractivity contribution in [2.75, 3.05) is 6.54 Å². The highest BCUT2D eigenvalue weighted by molar-refractivity contribution is 5.78. The van der Waals surface area contributed by atoms with Crippen LogP contribution in [0, 0.1) is 5.92 Å². The molecule has 23 heavy (non-hydrogen) atoms. The molecule has 1 N–H and O–H groups in total. The highest BCUT2D eigenvalue weighted by Crippen LogP contribution is 2.23. The maximum absolute atomic E-state index is 12.1. The summed E-state index contributed by atoms with van der Waals surface area (Å²) in [5.41, 5.74) is 0.417. The Morgan fingerprint density at radius 2 is 2.09 bits per heavy atom. The van der Waals surface area contributed by atoms with Crippen LogP contribution in [0.5, 0.6) is 0 Å². The van der Waals surface area contributed by atoms with E-state index in [1.807, 2.05) is 0 Å². The van der Waals surface area contributed by atoms with Gasteiger partial charge in [-0.1, -0.05) is 19.3 Å². The molecule has 0 aromatic carbocycles. The van der Waals surface area contributed by atoms with Crippen LogP contribution in [0.2, 0.25) is 0 Å². The van der Waals surface area contributed by atoms with Gasteiger partial charge < -0.3 is 9.73 Å². The molecule has 6 nitrogen and oxygen atoms in total. The molecule has 2 heterocycles. The molecule has 0 aliphatic heterocycles. The minimum Gasteiger partial charge on any atom is -0.463 e. The topological polar surface area (TPSA) is 77.1 Å². The van der Waals surface area contributed by atoms with Crippen LogP contribution >= 0.6 is 0 Å². The van der Waals surface area contributed by atoms with Gasteiger partial charge in [0.05, 0.1) is 12.8 Å². The first-order chi connectivity index (χ1) is 11.2. The van der Waals surface area contributed by atoms with Crippen molar-refractivity contribution < 1.29 is 9.21 Å². The Balaban J connectivity index is 1.58. The second-order valence-electron chi connectivity index (χ2n) is 5.88. The normalized spacial score (nSPS) is 15.5. The van der Waals surface area contributed by atoms with Gasteiger partial charge in [-0.25, -0.2) is 4.68 Å². The molecule has 1 aliphatic rings. The maximum atomic E-state index is 12.1. The molecule has 3 rings (SSSR count). The van der Waals surface area contributed by atoms with Crippen LogP contribution in [0.3, 0.4) is 0 Å². The van der Waals surface area contributed by atoms with Crippen LogP contribution in [0.15, 0.2) is 39.7 Å². The average molecular weight is 315 g/mol. The van der Waals surface area contributed by atoms with Gasteiger partial charge in [0.1, 0.15) is 5.69 Å². The predicted octanol–water partition coefficient (Wildman–Crippen LogP) is 2.20. The van der Waals surface area contributed by atoms with Gasteiger partial charge in [-0.2, -0.15) is 5.10 Å². The smallest absolute Gasteiger partial charge is 0.266 e. The summed E-state index contributed by atoms with van der Waals surface area (Å²) >= 11 is 0. The molecular formula is C17H21N3O3. The first-order valence-corrected chi connectivity index (χ1v) is 8.14. The predicted molar refractivity (Wildman–Crippen MR) is 85.8 cm³/mol. The fourth-order valence-corrected chi connectivity index (χ4v) is 2.96. The van der Waals surface area contributed by atoms with Gasteiger partial charge in [0.15, 0.2) is 5.76 Å². The van der Waals surface area contributed by atoms with Gasteiger partial charge in [0, 0.05) is 18.5 Å². The zero-order chi connectivity index (χ0) is 16.1. The summed E-state index contributed by atoms with van der Waals surface area (Å²) in [5, 5.41) is 7.20. The molecule has 0 saturated heterocycles. The summed E-state index contributed by atoms with van der Waals surface area (Å²) < 4.78 is 6.65. The quantitative estimate of drug-likeness (QED) is 0.917. The SMILES string of the molecule is O=C(NCCn1nc(-c2ccco2)ccc1=O)C1CCCCC1. The molecular weight excluding hydrogens is 294 g/mol. The summed E-state index contributed by atoms with van der Waals surface area (Å²) in [6.07, 6.45) is 6.99. The Kier molecular flexibility index (Phi) is 4.90. The van der Waals surface area contributed by atoms with Crippen molar-refractivity contribution in [2.24, 2.45) is 5.92 Å². The highest BCUT2D eigenvalue weighted by atomic mass is 16.3. The third kappa shape index (κ3) is 3.88. The molecule has 1 saturated carbocycles. The Morgan fingerprint density at radius 1 is 1.26 bits per heavy atom. The Hall–Kier alpha value is -2.37. The van der Waals surface area contributed by atoms with Gasteiger partial charge in [0.25, 0.3) is 5.56 Å². The fourth-order valence-electron chi connectivity index (χ4n) is 2.96. The molecule has 6 heteroatoms. The lowest BCUT2D eigenvalue weighted by Gasteiger charge is -2.20. The van der Waals surface area contributed by atoms with Gasteiger partial charge in [0.2, 0.25) is 5.91 Å². The number of nitrogens with zero attached hydrogens (tertiary/aromatic N) is 2. The van der Waals surface area contributed by atoms with Crippen LogP contribution in [-0.2, 0) is 11.3 Å². The van der Waals surface area contributed by atoms with Gasteiger partial charge in [-0.15, -0.1) is 0 Å². The number of amides is 1. The van der Waals surface area contributed by atoms with E-state index in [1.165, 1.54) is 17.2 Å². The zero-order valence-electron chi connectivity index (χ0n) is 13.0. The summed E-state index contributed by atoms with van der Waals surface area (Å²) in [6.45, 7) is 0.760. The lowest BCUT2D eigenvalue weighted by atomic mass is 9.89. The molecule has 1 fully saturated rings. The first kappa shape index (κ1) is 15.5. The van der Waals surface area contributed by atoms with E-state index in [-0.39, 0.29) is 17.4 Å². The monoisotopic (exact) mass is 315 g/mol. The van der Waals surface area contributed by atoms with E-state index in [0.29, 0.717) is 24.5 Å². The van der Waals surface area contributed by atoms with Gasteiger partial charge in [-0.05, 0) is 31.0 Å². The van der Waals surface area contributed by atoms with Crippen LogP contribution in [0.25, 0.3) is 11.5 Å².